The molecule has 0 aliphatic rings. The first-order valence-electron chi connectivity index (χ1n) is 6.22. The van der Waals surface area contributed by atoms with Crippen molar-refractivity contribution in [1.29, 1.82) is 0 Å². The molecule has 3 nitrogen and oxygen atoms in total. The van der Waals surface area contributed by atoms with Gasteiger partial charge in [-0.2, -0.15) is 0 Å². The number of hydrogen-bond acceptors (Lipinski definition) is 3. The summed E-state index contributed by atoms with van der Waals surface area (Å²) in [6.45, 7) is 0.567. The first-order valence-corrected chi connectivity index (χ1v) is 7.10. The Balaban J connectivity index is 1.86. The number of nitrogens with one attached hydrogen (secondary N) is 1. The molecule has 1 unspecified atom stereocenters. The van der Waals surface area contributed by atoms with E-state index in [0.29, 0.717) is 6.54 Å². The van der Waals surface area contributed by atoms with Crippen LogP contribution in [0.2, 0.25) is 0 Å². The van der Waals surface area contributed by atoms with Crippen LogP contribution in [0.5, 0.6) is 0 Å². The second-order valence-corrected chi connectivity index (χ2v) is 5.56. The zero-order valence-electron chi connectivity index (χ0n) is 10.4. The molecule has 0 spiro atoms. The number of aromatic nitrogens is 2. The molecule has 19 heavy (non-hydrogen) atoms. The van der Waals surface area contributed by atoms with E-state index >= 15 is 0 Å². The molecule has 0 radical (unpaired) electrons. The standard InChI is InChI=1S/C15H15N3S/c16-10-14(13-7-3-4-8-17-13)19-15-9-11-5-1-2-6-12(11)18-15/h1-9,14,18H,10,16H2. The molecule has 3 N–H and O–H groups in total. The molecule has 4 heteroatoms. The van der Waals surface area contributed by atoms with Crippen LogP contribution in [0.25, 0.3) is 10.9 Å². The van der Waals surface area contributed by atoms with Crippen molar-refractivity contribution in [2.24, 2.45) is 5.73 Å². The lowest BCUT2D eigenvalue weighted by atomic mass is 10.3. The van der Waals surface area contributed by atoms with E-state index in [4.69, 9.17) is 5.73 Å². The van der Waals surface area contributed by atoms with E-state index in [2.05, 4.69) is 28.2 Å². The van der Waals surface area contributed by atoms with Crippen molar-refractivity contribution in [3.63, 3.8) is 0 Å². The second kappa shape index (κ2) is 5.47. The minimum absolute atomic E-state index is 0.175. The third kappa shape index (κ3) is 2.64. The van der Waals surface area contributed by atoms with Gasteiger partial charge in [0, 0.05) is 23.6 Å². The van der Waals surface area contributed by atoms with Crippen molar-refractivity contribution in [2.45, 2.75) is 10.3 Å². The van der Waals surface area contributed by atoms with E-state index in [1.807, 2.05) is 36.5 Å². The molecule has 2 heterocycles. The van der Waals surface area contributed by atoms with Gasteiger partial charge in [-0.05, 0) is 24.3 Å². The SMILES string of the molecule is NCC(Sc1cc2ccccc2[nH]1)c1ccccn1. The summed E-state index contributed by atoms with van der Waals surface area (Å²) < 4.78 is 0. The number of rotatable bonds is 4. The van der Waals surface area contributed by atoms with Crippen LogP contribution in [0.3, 0.4) is 0 Å². The second-order valence-electron chi connectivity index (χ2n) is 4.32. The Morgan fingerprint density at radius 2 is 2.00 bits per heavy atom. The van der Waals surface area contributed by atoms with Gasteiger partial charge in [0.25, 0.3) is 0 Å². The fourth-order valence-electron chi connectivity index (χ4n) is 2.06. The summed E-state index contributed by atoms with van der Waals surface area (Å²) in [5.74, 6) is 0. The quantitative estimate of drug-likeness (QED) is 0.714. The van der Waals surface area contributed by atoms with E-state index in [1.54, 1.807) is 11.8 Å². The number of aromatic amines is 1. The molecular weight excluding hydrogens is 254 g/mol. The summed E-state index contributed by atoms with van der Waals surface area (Å²) in [5, 5.41) is 2.53. The van der Waals surface area contributed by atoms with Crippen LogP contribution in [-0.2, 0) is 0 Å². The summed E-state index contributed by atoms with van der Waals surface area (Å²) in [6.07, 6.45) is 1.81. The minimum Gasteiger partial charge on any atom is -0.350 e. The number of nitrogens with two attached hydrogens (primary N) is 1. The van der Waals surface area contributed by atoms with Crippen molar-refractivity contribution in [2.75, 3.05) is 6.54 Å². The highest BCUT2D eigenvalue weighted by atomic mass is 32.2. The summed E-state index contributed by atoms with van der Waals surface area (Å²) in [6, 6.07) is 16.4. The van der Waals surface area contributed by atoms with Crippen LogP contribution >= 0.6 is 11.8 Å². The average Bonchev–Trinajstić information content (AvgIpc) is 2.88. The highest BCUT2D eigenvalue weighted by molar-refractivity contribution is 7.99. The smallest absolute Gasteiger partial charge is 0.0739 e. The van der Waals surface area contributed by atoms with Crippen molar-refractivity contribution in [3.05, 3.63) is 60.4 Å². The highest BCUT2D eigenvalue weighted by Gasteiger charge is 2.13. The Labute approximate surface area is 116 Å². The maximum atomic E-state index is 5.87. The first kappa shape index (κ1) is 12.3. The molecule has 2 aromatic heterocycles. The van der Waals surface area contributed by atoms with E-state index < -0.39 is 0 Å². The summed E-state index contributed by atoms with van der Waals surface area (Å²) in [4.78, 5) is 7.80. The van der Waals surface area contributed by atoms with Gasteiger partial charge in [0.15, 0.2) is 0 Å². The first-order chi connectivity index (χ1) is 9.36. The Morgan fingerprint density at radius 3 is 2.74 bits per heavy atom. The summed E-state index contributed by atoms with van der Waals surface area (Å²) in [5.41, 5.74) is 8.05. The van der Waals surface area contributed by atoms with Gasteiger partial charge in [-0.25, -0.2) is 0 Å². The Bertz CT molecular complexity index is 630. The lowest BCUT2D eigenvalue weighted by Crippen LogP contribution is -2.10. The van der Waals surface area contributed by atoms with Gasteiger partial charge < -0.3 is 10.7 Å². The number of benzene rings is 1. The fraction of sp³-hybridized carbons (Fsp3) is 0.133. The fourth-order valence-corrected chi connectivity index (χ4v) is 3.09. The predicted octanol–water partition coefficient (Wildman–Crippen LogP) is 3.36. The van der Waals surface area contributed by atoms with Crippen LogP contribution in [0.15, 0.2) is 59.8 Å². The van der Waals surface area contributed by atoms with E-state index in [0.717, 1.165) is 16.2 Å². The minimum atomic E-state index is 0.175. The number of pyridine rings is 1. The molecule has 0 aliphatic carbocycles. The third-order valence-electron chi connectivity index (χ3n) is 3.01. The van der Waals surface area contributed by atoms with Crippen molar-refractivity contribution in [1.82, 2.24) is 9.97 Å². The van der Waals surface area contributed by atoms with E-state index in [1.165, 1.54) is 5.39 Å². The molecule has 1 aromatic carbocycles. The molecule has 1 atom stereocenters. The number of H-pyrrole nitrogens is 1. The van der Waals surface area contributed by atoms with E-state index in [-0.39, 0.29) is 5.25 Å². The molecular formula is C15H15N3S. The van der Waals surface area contributed by atoms with Crippen LogP contribution < -0.4 is 5.73 Å². The van der Waals surface area contributed by atoms with Crippen LogP contribution in [0, 0.1) is 0 Å². The van der Waals surface area contributed by atoms with Gasteiger partial charge in [-0.3, -0.25) is 4.98 Å². The van der Waals surface area contributed by atoms with Crippen molar-refractivity contribution in [3.8, 4) is 0 Å². The van der Waals surface area contributed by atoms with Gasteiger partial charge in [-0.1, -0.05) is 36.0 Å². The Morgan fingerprint density at radius 1 is 1.16 bits per heavy atom. The van der Waals surface area contributed by atoms with Crippen molar-refractivity contribution >= 4 is 22.7 Å². The largest absolute Gasteiger partial charge is 0.350 e. The molecule has 0 fully saturated rings. The summed E-state index contributed by atoms with van der Waals surface area (Å²) >= 11 is 1.72. The van der Waals surface area contributed by atoms with Gasteiger partial charge in [0.05, 0.1) is 16.0 Å². The molecule has 0 bridgehead atoms. The molecule has 96 valence electrons. The summed E-state index contributed by atoms with van der Waals surface area (Å²) in [7, 11) is 0. The molecule has 0 aliphatic heterocycles. The maximum Gasteiger partial charge on any atom is 0.0739 e. The van der Waals surface area contributed by atoms with Crippen molar-refractivity contribution < 1.29 is 0 Å². The molecule has 0 saturated heterocycles. The van der Waals surface area contributed by atoms with Gasteiger partial charge in [0.1, 0.15) is 0 Å². The number of thioether (sulfide) groups is 1. The van der Waals surface area contributed by atoms with E-state index in [9.17, 15) is 0 Å². The third-order valence-corrected chi connectivity index (χ3v) is 4.20. The molecule has 3 aromatic rings. The zero-order valence-corrected chi connectivity index (χ0v) is 11.2. The van der Waals surface area contributed by atoms with Gasteiger partial charge >= 0.3 is 0 Å². The number of nitrogens with zero attached hydrogens (tertiary/aromatic N) is 1. The number of para-hydroxylation sites is 1. The van der Waals surface area contributed by atoms with Crippen LogP contribution in [0.4, 0.5) is 0 Å². The molecule has 0 saturated carbocycles. The average molecular weight is 269 g/mol. The lowest BCUT2D eigenvalue weighted by Gasteiger charge is -2.12. The Hall–Kier alpha value is -1.78. The lowest BCUT2D eigenvalue weighted by molar-refractivity contribution is 0.896. The number of hydrogen-bond donors (Lipinski definition) is 2. The molecule has 3 rings (SSSR count). The number of fused-ring (bicyclic) bond motifs is 1. The monoisotopic (exact) mass is 269 g/mol. The van der Waals surface area contributed by atoms with Crippen LogP contribution in [0.1, 0.15) is 10.9 Å². The topological polar surface area (TPSA) is 54.7 Å². The molecule has 0 amide bonds. The normalized spacial score (nSPS) is 12.7. The van der Waals surface area contributed by atoms with Gasteiger partial charge in [-0.15, -0.1) is 0 Å². The predicted molar refractivity (Wildman–Crippen MR) is 80.2 cm³/mol. The van der Waals surface area contributed by atoms with Crippen LogP contribution in [-0.4, -0.2) is 16.5 Å². The Kier molecular flexibility index (Phi) is 3.53. The maximum absolute atomic E-state index is 5.87. The zero-order chi connectivity index (χ0) is 13.1. The van der Waals surface area contributed by atoms with Gasteiger partial charge in [0.2, 0.25) is 0 Å². The highest BCUT2D eigenvalue weighted by Crippen LogP contribution is 2.34.